The van der Waals surface area contributed by atoms with Crippen molar-refractivity contribution in [3.05, 3.63) is 59.0 Å². The molecule has 0 aliphatic carbocycles. The molecule has 0 unspecified atom stereocenters. The molecule has 3 N–H and O–H groups in total. The van der Waals surface area contributed by atoms with Crippen LogP contribution in [-0.4, -0.2) is 35.3 Å². The standard InChI is InChI=1S/C18H17ClN4O5/c1-18(12-6-2-3-7-13(12)19)15(25)23(17(27)22-18)10-14(24)21-16(26)20-9-11-5-4-8-28-11/h2-8H,9-10H2,1H3,(H,22,27)(H2,20,21,24,26)/t18-/m0/s1. The zero-order chi connectivity index (χ0) is 20.3. The molecule has 0 radical (unpaired) electrons. The fourth-order valence-corrected chi connectivity index (χ4v) is 3.15. The normalized spacial score (nSPS) is 18.7. The number of hydrogen-bond acceptors (Lipinski definition) is 5. The zero-order valence-corrected chi connectivity index (χ0v) is 15.6. The van der Waals surface area contributed by atoms with Crippen LogP contribution >= 0.6 is 11.6 Å². The molecule has 3 rings (SSSR count). The Bertz CT molecular complexity index is 930. The maximum Gasteiger partial charge on any atom is 0.325 e. The van der Waals surface area contributed by atoms with E-state index in [4.69, 9.17) is 16.0 Å². The lowest BCUT2D eigenvalue weighted by Gasteiger charge is -2.23. The Morgan fingerprint density at radius 1 is 1.21 bits per heavy atom. The van der Waals surface area contributed by atoms with Crippen molar-refractivity contribution < 1.29 is 23.6 Å². The van der Waals surface area contributed by atoms with E-state index in [9.17, 15) is 19.2 Å². The minimum atomic E-state index is -1.41. The molecule has 1 aliphatic heterocycles. The second-order valence-corrected chi connectivity index (χ2v) is 6.64. The van der Waals surface area contributed by atoms with Gasteiger partial charge in [-0.1, -0.05) is 29.8 Å². The maximum absolute atomic E-state index is 12.8. The first-order chi connectivity index (χ1) is 13.3. The van der Waals surface area contributed by atoms with E-state index in [-0.39, 0.29) is 6.54 Å². The average molecular weight is 405 g/mol. The Labute approximate surface area is 165 Å². The number of amides is 6. The maximum atomic E-state index is 12.8. The van der Waals surface area contributed by atoms with Gasteiger partial charge in [0.2, 0.25) is 5.91 Å². The number of imide groups is 2. The number of carbonyl (C=O) groups is 4. The van der Waals surface area contributed by atoms with Gasteiger partial charge in [0, 0.05) is 10.6 Å². The molecule has 10 heteroatoms. The molecule has 1 atom stereocenters. The lowest BCUT2D eigenvalue weighted by Crippen LogP contribution is -2.46. The first kappa shape index (κ1) is 19.4. The third-order valence-corrected chi connectivity index (χ3v) is 4.58. The molecule has 146 valence electrons. The van der Waals surface area contributed by atoms with E-state index in [0.717, 1.165) is 4.90 Å². The van der Waals surface area contributed by atoms with Crippen LogP contribution in [0.3, 0.4) is 0 Å². The summed E-state index contributed by atoms with van der Waals surface area (Å²) in [7, 11) is 0. The smallest absolute Gasteiger partial charge is 0.325 e. The summed E-state index contributed by atoms with van der Waals surface area (Å²) in [5.41, 5.74) is -0.994. The number of nitrogens with zero attached hydrogens (tertiary/aromatic N) is 1. The van der Waals surface area contributed by atoms with E-state index in [1.54, 1.807) is 36.4 Å². The lowest BCUT2D eigenvalue weighted by molar-refractivity contribution is -0.134. The van der Waals surface area contributed by atoms with Crippen LogP contribution in [0.15, 0.2) is 47.1 Å². The van der Waals surface area contributed by atoms with Crippen molar-refractivity contribution in [1.82, 2.24) is 20.9 Å². The van der Waals surface area contributed by atoms with E-state index < -0.39 is 36.0 Å². The number of hydrogen-bond donors (Lipinski definition) is 3. The summed E-state index contributed by atoms with van der Waals surface area (Å²) in [4.78, 5) is 49.6. The van der Waals surface area contributed by atoms with Gasteiger partial charge >= 0.3 is 12.1 Å². The minimum absolute atomic E-state index is 0.0832. The van der Waals surface area contributed by atoms with Crippen LogP contribution in [0.4, 0.5) is 9.59 Å². The van der Waals surface area contributed by atoms with Gasteiger partial charge in [0.25, 0.3) is 5.91 Å². The Balaban J connectivity index is 1.61. The van der Waals surface area contributed by atoms with Crippen LogP contribution in [-0.2, 0) is 21.7 Å². The number of carbonyl (C=O) groups excluding carboxylic acids is 4. The first-order valence-electron chi connectivity index (χ1n) is 8.30. The van der Waals surface area contributed by atoms with Crippen LogP contribution in [0.2, 0.25) is 5.02 Å². The Morgan fingerprint density at radius 2 is 1.96 bits per heavy atom. The van der Waals surface area contributed by atoms with Crippen molar-refractivity contribution >= 4 is 35.5 Å². The van der Waals surface area contributed by atoms with Crippen molar-refractivity contribution in [2.24, 2.45) is 0 Å². The molecule has 1 aromatic heterocycles. The summed E-state index contributed by atoms with van der Waals surface area (Å²) >= 11 is 6.14. The van der Waals surface area contributed by atoms with Crippen LogP contribution in [0.5, 0.6) is 0 Å². The average Bonchev–Trinajstić information content (AvgIpc) is 3.24. The molecule has 0 bridgehead atoms. The second-order valence-electron chi connectivity index (χ2n) is 6.24. The second kappa shape index (κ2) is 7.73. The molecule has 1 fully saturated rings. The Morgan fingerprint density at radius 3 is 2.64 bits per heavy atom. The van der Waals surface area contributed by atoms with Gasteiger partial charge in [-0.3, -0.25) is 19.8 Å². The van der Waals surface area contributed by atoms with Crippen molar-refractivity contribution in [3.63, 3.8) is 0 Å². The number of benzene rings is 1. The SMILES string of the molecule is C[C@@]1(c2ccccc2Cl)NC(=O)N(CC(=O)NC(=O)NCc2ccco2)C1=O. The number of urea groups is 2. The number of halogens is 1. The van der Waals surface area contributed by atoms with Gasteiger partial charge in [0.05, 0.1) is 12.8 Å². The van der Waals surface area contributed by atoms with Gasteiger partial charge in [-0.2, -0.15) is 0 Å². The number of nitrogens with one attached hydrogen (secondary N) is 3. The molecule has 2 heterocycles. The fraction of sp³-hybridized carbons (Fsp3) is 0.222. The van der Waals surface area contributed by atoms with Gasteiger partial charge in [-0.05, 0) is 25.1 Å². The van der Waals surface area contributed by atoms with Crippen molar-refractivity contribution in [3.8, 4) is 0 Å². The van der Waals surface area contributed by atoms with Crippen LogP contribution in [0.25, 0.3) is 0 Å². The van der Waals surface area contributed by atoms with E-state index in [0.29, 0.717) is 16.3 Å². The number of rotatable bonds is 5. The van der Waals surface area contributed by atoms with Crippen molar-refractivity contribution in [2.45, 2.75) is 19.0 Å². The summed E-state index contributed by atoms with van der Waals surface area (Å²) in [6, 6.07) is 8.39. The fourth-order valence-electron chi connectivity index (χ4n) is 2.82. The summed E-state index contributed by atoms with van der Waals surface area (Å²) in [6.45, 7) is 0.973. The Hall–Kier alpha value is -3.33. The highest BCUT2D eigenvalue weighted by atomic mass is 35.5. The topological polar surface area (TPSA) is 121 Å². The highest BCUT2D eigenvalue weighted by Gasteiger charge is 2.50. The zero-order valence-electron chi connectivity index (χ0n) is 14.8. The highest BCUT2D eigenvalue weighted by molar-refractivity contribution is 6.32. The van der Waals surface area contributed by atoms with E-state index in [2.05, 4.69) is 16.0 Å². The van der Waals surface area contributed by atoms with Crippen LogP contribution < -0.4 is 16.0 Å². The molecular formula is C18H17ClN4O5. The van der Waals surface area contributed by atoms with E-state index in [1.165, 1.54) is 13.2 Å². The summed E-state index contributed by atoms with van der Waals surface area (Å²) < 4.78 is 5.06. The quantitative estimate of drug-likeness (QED) is 0.655. The molecule has 6 amide bonds. The lowest BCUT2D eigenvalue weighted by atomic mass is 9.92. The third kappa shape index (κ3) is 3.84. The van der Waals surface area contributed by atoms with E-state index >= 15 is 0 Å². The predicted molar refractivity (Wildman–Crippen MR) is 98.1 cm³/mol. The van der Waals surface area contributed by atoms with Gasteiger partial charge in [0.1, 0.15) is 17.8 Å². The molecule has 2 aromatic rings. The predicted octanol–water partition coefficient (Wildman–Crippen LogP) is 1.73. The van der Waals surface area contributed by atoms with Crippen molar-refractivity contribution in [2.75, 3.05) is 6.54 Å². The molecule has 9 nitrogen and oxygen atoms in total. The first-order valence-corrected chi connectivity index (χ1v) is 8.68. The number of furan rings is 1. The van der Waals surface area contributed by atoms with E-state index in [1.807, 2.05) is 0 Å². The van der Waals surface area contributed by atoms with Crippen LogP contribution in [0.1, 0.15) is 18.2 Å². The minimum Gasteiger partial charge on any atom is -0.467 e. The van der Waals surface area contributed by atoms with Crippen molar-refractivity contribution in [1.29, 1.82) is 0 Å². The van der Waals surface area contributed by atoms with Gasteiger partial charge in [0.15, 0.2) is 0 Å². The summed E-state index contributed by atoms with van der Waals surface area (Å²) in [6.07, 6.45) is 1.45. The third-order valence-electron chi connectivity index (χ3n) is 4.25. The monoisotopic (exact) mass is 404 g/mol. The summed E-state index contributed by atoms with van der Waals surface area (Å²) in [5.74, 6) is -0.951. The molecule has 1 aromatic carbocycles. The molecule has 1 aliphatic rings. The summed E-state index contributed by atoms with van der Waals surface area (Å²) in [5, 5.41) is 7.34. The van der Waals surface area contributed by atoms with Gasteiger partial charge < -0.3 is 15.1 Å². The molecule has 0 spiro atoms. The largest absolute Gasteiger partial charge is 0.467 e. The molecular weight excluding hydrogens is 388 g/mol. The van der Waals surface area contributed by atoms with Crippen LogP contribution in [0, 0.1) is 0 Å². The molecule has 0 saturated carbocycles. The molecule has 28 heavy (non-hydrogen) atoms. The Kier molecular flexibility index (Phi) is 5.36. The van der Waals surface area contributed by atoms with Gasteiger partial charge in [-0.15, -0.1) is 0 Å². The molecule has 1 saturated heterocycles. The highest BCUT2D eigenvalue weighted by Crippen LogP contribution is 2.33. The van der Waals surface area contributed by atoms with Gasteiger partial charge in [-0.25, -0.2) is 9.59 Å².